The van der Waals surface area contributed by atoms with E-state index >= 15 is 0 Å². The molecular weight excluding hydrogens is 368 g/mol. The molecule has 0 saturated heterocycles. The second kappa shape index (κ2) is 9.06. The van der Waals surface area contributed by atoms with E-state index in [4.69, 9.17) is 4.28 Å². The van der Waals surface area contributed by atoms with Crippen molar-refractivity contribution in [3.63, 3.8) is 0 Å². The third-order valence-electron chi connectivity index (χ3n) is 3.95. The van der Waals surface area contributed by atoms with Gasteiger partial charge in [-0.2, -0.15) is 13.7 Å². The van der Waals surface area contributed by atoms with E-state index in [1.807, 2.05) is 19.1 Å². The molecule has 26 heavy (non-hydrogen) atoms. The Morgan fingerprint density at radius 3 is 2.73 bits per heavy atom. The topological polar surface area (TPSA) is 79.5 Å². The van der Waals surface area contributed by atoms with E-state index in [2.05, 4.69) is 24.2 Å². The molecule has 0 bridgehead atoms. The molecule has 1 aliphatic heterocycles. The Morgan fingerprint density at radius 2 is 2.08 bits per heavy atom. The summed E-state index contributed by atoms with van der Waals surface area (Å²) >= 11 is 1.24. The predicted octanol–water partition coefficient (Wildman–Crippen LogP) is 4.56. The lowest BCUT2D eigenvalue weighted by Crippen LogP contribution is -2.08. The van der Waals surface area contributed by atoms with Crippen LogP contribution in [0.25, 0.3) is 5.57 Å². The number of thioether (sulfide) groups is 1. The van der Waals surface area contributed by atoms with Gasteiger partial charge in [0.2, 0.25) is 0 Å². The van der Waals surface area contributed by atoms with Crippen molar-refractivity contribution in [2.24, 2.45) is 5.16 Å². The maximum absolute atomic E-state index is 11.7. The first kappa shape index (κ1) is 20.3. The summed E-state index contributed by atoms with van der Waals surface area (Å²) in [6.07, 6.45) is 4.18. The van der Waals surface area contributed by atoms with E-state index in [-0.39, 0.29) is 5.75 Å². The molecule has 1 aromatic rings. The van der Waals surface area contributed by atoms with Gasteiger partial charge in [-0.1, -0.05) is 55.4 Å². The van der Waals surface area contributed by atoms with Crippen LogP contribution in [0.2, 0.25) is 0 Å². The van der Waals surface area contributed by atoms with E-state index in [1.165, 1.54) is 17.3 Å². The molecular formula is C19H22N2O3S2. The second-order valence-electron chi connectivity index (χ2n) is 5.89. The van der Waals surface area contributed by atoms with Gasteiger partial charge in [-0.3, -0.25) is 4.28 Å². The summed E-state index contributed by atoms with van der Waals surface area (Å²) in [6, 6.07) is 8.16. The minimum atomic E-state index is -3.70. The van der Waals surface area contributed by atoms with Crippen molar-refractivity contribution in [1.29, 1.82) is 5.26 Å². The number of nitrogens with zero attached hydrogens (tertiary/aromatic N) is 2. The Morgan fingerprint density at radius 1 is 1.31 bits per heavy atom. The fourth-order valence-corrected chi connectivity index (χ4v) is 4.22. The Kier molecular flexibility index (Phi) is 7.06. The highest BCUT2D eigenvalue weighted by Gasteiger charge is 2.21. The van der Waals surface area contributed by atoms with Crippen LogP contribution in [0.4, 0.5) is 0 Å². The minimum Gasteiger partial charge on any atom is -0.267 e. The van der Waals surface area contributed by atoms with Gasteiger partial charge in [0.25, 0.3) is 0 Å². The van der Waals surface area contributed by atoms with Gasteiger partial charge in [0.05, 0.1) is 11.3 Å². The predicted molar refractivity (Wildman–Crippen MR) is 107 cm³/mol. The molecule has 2 rings (SSSR count). The molecule has 0 amide bonds. The van der Waals surface area contributed by atoms with E-state index in [9.17, 15) is 13.7 Å². The smallest absolute Gasteiger partial charge is 0.267 e. The molecule has 0 N–H and O–H groups in total. The largest absolute Gasteiger partial charge is 0.328 e. The van der Waals surface area contributed by atoms with Gasteiger partial charge in [0.15, 0.2) is 0 Å². The third-order valence-corrected chi connectivity index (χ3v) is 5.95. The first-order valence-electron chi connectivity index (χ1n) is 8.49. The van der Waals surface area contributed by atoms with E-state index in [1.54, 1.807) is 18.4 Å². The van der Waals surface area contributed by atoms with Gasteiger partial charge >= 0.3 is 10.1 Å². The average molecular weight is 391 g/mol. The Balaban J connectivity index is 2.46. The molecule has 0 spiro atoms. The van der Waals surface area contributed by atoms with Crippen LogP contribution in [-0.4, -0.2) is 19.2 Å². The first-order chi connectivity index (χ1) is 12.4. The zero-order valence-corrected chi connectivity index (χ0v) is 16.8. The quantitative estimate of drug-likeness (QED) is 0.504. The van der Waals surface area contributed by atoms with Crippen molar-refractivity contribution in [3.05, 3.63) is 51.9 Å². The zero-order valence-electron chi connectivity index (χ0n) is 15.2. The summed E-state index contributed by atoms with van der Waals surface area (Å²) in [5, 5.41) is 15.7. The number of benzene rings is 1. The van der Waals surface area contributed by atoms with Crippen LogP contribution in [0.3, 0.4) is 0 Å². The molecule has 0 aromatic heterocycles. The molecule has 0 radical (unpaired) electrons. The Bertz CT molecular complexity index is 907. The zero-order chi connectivity index (χ0) is 19.2. The van der Waals surface area contributed by atoms with E-state index in [0.29, 0.717) is 22.6 Å². The number of nitriles is 1. The van der Waals surface area contributed by atoms with Gasteiger partial charge in [0.1, 0.15) is 11.1 Å². The summed E-state index contributed by atoms with van der Waals surface area (Å²) in [4.78, 5) is 0. The first-order valence-corrected chi connectivity index (χ1v) is 10.9. The number of rotatable bonds is 7. The standard InChI is InChI=1S/C19H22N2O3S2/c1-4-7-15-8-6-9-16(14(15)3)18(13-20)17-10-11-25-19(17)21-24-26(22,23)12-5-2/h6,8-11H,4-5,7,12H2,1-3H3. The second-order valence-corrected chi connectivity index (χ2v) is 8.46. The van der Waals surface area contributed by atoms with Gasteiger partial charge in [-0.05, 0) is 47.9 Å². The van der Waals surface area contributed by atoms with Gasteiger partial charge in [0, 0.05) is 5.57 Å². The van der Waals surface area contributed by atoms with Crippen LogP contribution in [0.1, 0.15) is 43.4 Å². The maximum atomic E-state index is 11.7. The van der Waals surface area contributed by atoms with Crippen LogP contribution >= 0.6 is 11.8 Å². The molecule has 1 heterocycles. The molecule has 0 aliphatic carbocycles. The molecule has 7 heteroatoms. The number of oxime groups is 1. The van der Waals surface area contributed by atoms with E-state index < -0.39 is 10.1 Å². The fourth-order valence-electron chi connectivity index (χ4n) is 2.70. The van der Waals surface area contributed by atoms with Crippen LogP contribution < -0.4 is 0 Å². The van der Waals surface area contributed by atoms with Crippen molar-refractivity contribution in [1.82, 2.24) is 0 Å². The number of allylic oxidation sites excluding steroid dienone is 2. The molecule has 0 unspecified atom stereocenters. The lowest BCUT2D eigenvalue weighted by atomic mass is 9.92. The number of hydrogen-bond acceptors (Lipinski definition) is 6. The van der Waals surface area contributed by atoms with E-state index in [0.717, 1.165) is 24.0 Å². The highest BCUT2D eigenvalue weighted by atomic mass is 32.2. The Hall–Kier alpha value is -2.04. The van der Waals surface area contributed by atoms with Crippen molar-refractivity contribution >= 4 is 32.5 Å². The van der Waals surface area contributed by atoms with Crippen molar-refractivity contribution < 1.29 is 12.7 Å². The molecule has 0 atom stereocenters. The molecule has 1 aliphatic rings. The molecule has 5 nitrogen and oxygen atoms in total. The third kappa shape index (κ3) is 4.77. The van der Waals surface area contributed by atoms with Crippen LogP contribution in [0, 0.1) is 18.3 Å². The average Bonchev–Trinajstić information content (AvgIpc) is 3.06. The SMILES string of the molecule is CCCc1cccc(C(C#N)=C2C=CSC2=NOS(=O)(=O)CCC)c1C. The highest BCUT2D eigenvalue weighted by molar-refractivity contribution is 8.17. The lowest BCUT2D eigenvalue weighted by Gasteiger charge is -2.11. The van der Waals surface area contributed by atoms with Crippen molar-refractivity contribution in [2.45, 2.75) is 40.0 Å². The number of aryl methyl sites for hydroxylation is 1. The van der Waals surface area contributed by atoms with Gasteiger partial charge < -0.3 is 0 Å². The fraction of sp³-hybridized carbons (Fsp3) is 0.368. The minimum absolute atomic E-state index is 0.0931. The summed E-state index contributed by atoms with van der Waals surface area (Å²) in [5.74, 6) is -0.0931. The summed E-state index contributed by atoms with van der Waals surface area (Å²) in [5.41, 5.74) is 4.15. The van der Waals surface area contributed by atoms with Crippen molar-refractivity contribution in [3.8, 4) is 6.07 Å². The van der Waals surface area contributed by atoms with Crippen LogP contribution in [0.5, 0.6) is 0 Å². The molecule has 0 saturated carbocycles. The van der Waals surface area contributed by atoms with Gasteiger partial charge in [-0.25, -0.2) is 0 Å². The van der Waals surface area contributed by atoms with Gasteiger partial charge in [-0.15, -0.1) is 0 Å². The summed E-state index contributed by atoms with van der Waals surface area (Å²) in [6.45, 7) is 5.87. The maximum Gasteiger partial charge on any atom is 0.328 e. The van der Waals surface area contributed by atoms with Crippen LogP contribution in [0.15, 0.2) is 40.4 Å². The molecule has 138 valence electrons. The Labute approximate surface area is 159 Å². The molecule has 1 aromatic carbocycles. The monoisotopic (exact) mass is 390 g/mol. The summed E-state index contributed by atoms with van der Waals surface area (Å²) < 4.78 is 28.2. The highest BCUT2D eigenvalue weighted by Crippen LogP contribution is 2.33. The lowest BCUT2D eigenvalue weighted by molar-refractivity contribution is 0.340. The number of hydrogen-bond donors (Lipinski definition) is 0. The molecule has 0 fully saturated rings. The summed E-state index contributed by atoms with van der Waals surface area (Å²) in [7, 11) is -3.70. The van der Waals surface area contributed by atoms with Crippen LogP contribution in [-0.2, 0) is 20.8 Å². The normalized spacial score (nSPS) is 17.4. The van der Waals surface area contributed by atoms with Crippen molar-refractivity contribution in [2.75, 3.05) is 5.75 Å².